The largest absolute Gasteiger partial charge is 0.522 e. The monoisotopic (exact) mass is 448 g/mol. The van der Waals surface area contributed by atoms with Gasteiger partial charge >= 0.3 is 0 Å². The molecular weight excluding hydrogens is 424 g/mol. The van der Waals surface area contributed by atoms with Gasteiger partial charge in [-0.25, -0.2) is 13.1 Å². The number of para-hydroxylation sites is 4. The number of hydrogen-bond donors (Lipinski definition) is 2. The maximum absolute atomic E-state index is 9.35. The van der Waals surface area contributed by atoms with E-state index in [4.69, 9.17) is 0 Å². The van der Waals surface area contributed by atoms with Crippen LogP contribution in [0.25, 0.3) is 0 Å². The third-order valence-corrected chi connectivity index (χ3v) is 3.30. The first kappa shape index (κ1) is 25.5. The van der Waals surface area contributed by atoms with E-state index in [9.17, 15) is 10.2 Å². The summed E-state index contributed by atoms with van der Waals surface area (Å²) in [5, 5.41) is 18.7. The zero-order chi connectivity index (χ0) is 16.5. The molecule has 0 bridgehead atoms. The summed E-state index contributed by atoms with van der Waals surface area (Å²) in [6.07, 6.45) is 0. The number of phenolic OH excluding ortho intramolecular Hbond substituents is 2. The minimum absolute atomic E-state index is 0. The van der Waals surface area contributed by atoms with Gasteiger partial charge in [0, 0.05) is 60.9 Å². The summed E-state index contributed by atoms with van der Waals surface area (Å²) in [4.78, 5) is 3.74. The van der Waals surface area contributed by atoms with Crippen LogP contribution in [0.1, 0.15) is 13.8 Å². The Balaban J connectivity index is 0. The van der Waals surface area contributed by atoms with Crippen molar-refractivity contribution in [3.63, 3.8) is 0 Å². The Morgan fingerprint density at radius 1 is 0.708 bits per heavy atom. The first-order valence-electron chi connectivity index (χ1n) is 7.11. The van der Waals surface area contributed by atoms with Crippen molar-refractivity contribution in [2.45, 2.75) is 13.8 Å². The van der Waals surface area contributed by atoms with E-state index in [0.717, 1.165) is 11.4 Å². The van der Waals surface area contributed by atoms with E-state index in [1.807, 2.05) is 87.2 Å². The molecule has 0 aromatic heterocycles. The Hall–Kier alpha value is -0.750. The second-order valence-electron chi connectivity index (χ2n) is 4.72. The van der Waals surface area contributed by atoms with Crippen LogP contribution in [-0.2, 0) is 49.5 Å². The summed E-state index contributed by atoms with van der Waals surface area (Å²) in [5.41, 5.74) is 1.66. The summed E-state index contributed by atoms with van der Waals surface area (Å²) in [6.45, 7) is 7.64. The molecule has 2 aromatic carbocycles. The Bertz CT molecular complexity index is 533. The smallest absolute Gasteiger partial charge is 0.136 e. The van der Waals surface area contributed by atoms with Gasteiger partial charge in [-0.05, 0) is 38.4 Å². The molecule has 4 nitrogen and oxygen atoms in total. The second kappa shape index (κ2) is 13.5. The molecule has 0 amide bonds. The second-order valence-corrected chi connectivity index (χ2v) is 4.72. The van der Waals surface area contributed by atoms with Gasteiger partial charge in [0.25, 0.3) is 0 Å². The molecule has 6 heteroatoms. The van der Waals surface area contributed by atoms with Crippen LogP contribution in [0.15, 0.2) is 48.5 Å². The molecule has 132 valence electrons. The molecule has 0 heterocycles. The van der Waals surface area contributed by atoms with Crippen LogP contribution in [0.3, 0.4) is 0 Å². The third kappa shape index (κ3) is 7.88. The molecule has 0 aliphatic carbocycles. The molecule has 0 saturated heterocycles. The molecule has 0 unspecified atom stereocenters. The maximum atomic E-state index is 9.35. The van der Waals surface area contributed by atoms with Crippen molar-refractivity contribution >= 4 is 11.4 Å². The van der Waals surface area contributed by atoms with Crippen molar-refractivity contribution < 1.29 is 59.7 Å². The average Bonchev–Trinajstić information content (AvgIpc) is 2.55. The van der Waals surface area contributed by atoms with Gasteiger partial charge < -0.3 is 20.0 Å². The van der Waals surface area contributed by atoms with Crippen LogP contribution in [0, 0.1) is 13.1 Å². The molecule has 2 aromatic rings. The predicted molar refractivity (Wildman–Crippen MR) is 93.0 cm³/mol. The summed E-state index contributed by atoms with van der Waals surface area (Å²) < 4.78 is 0. The molecule has 24 heavy (non-hydrogen) atoms. The van der Waals surface area contributed by atoms with Crippen LogP contribution in [0.5, 0.6) is 11.5 Å². The molecular formula is C18H24CoN2O2Y-2. The predicted octanol–water partition coefficient (Wildman–Crippen LogP) is 4.02. The molecule has 0 aliphatic rings. The molecule has 2 N–H and O–H groups in total. The number of nitrogens with zero attached hydrogens (tertiary/aromatic N) is 2. The quantitative estimate of drug-likeness (QED) is 0.695. The van der Waals surface area contributed by atoms with Gasteiger partial charge in [-0.2, -0.15) is 13.8 Å². The van der Waals surface area contributed by atoms with Crippen molar-refractivity contribution in [1.29, 1.82) is 0 Å². The van der Waals surface area contributed by atoms with Gasteiger partial charge in [-0.15, -0.1) is 0 Å². The van der Waals surface area contributed by atoms with E-state index in [1.54, 1.807) is 12.1 Å². The fourth-order valence-corrected chi connectivity index (χ4v) is 1.80. The molecule has 0 saturated carbocycles. The summed E-state index contributed by atoms with van der Waals surface area (Å²) in [6, 6.07) is 14.5. The Labute approximate surface area is 180 Å². The van der Waals surface area contributed by atoms with Crippen molar-refractivity contribution in [3.05, 3.63) is 61.6 Å². The van der Waals surface area contributed by atoms with Gasteiger partial charge in [0.15, 0.2) is 0 Å². The number of rotatable bonds is 4. The third-order valence-electron chi connectivity index (χ3n) is 3.30. The molecule has 2 rings (SSSR count). The number of phenols is 2. The molecule has 0 atom stereocenters. The van der Waals surface area contributed by atoms with Crippen LogP contribution >= 0.6 is 0 Å². The fraction of sp³-hybridized carbons (Fsp3) is 0.222. The molecule has 2 radical (unpaired) electrons. The minimum Gasteiger partial charge on any atom is -0.522 e. The van der Waals surface area contributed by atoms with Crippen molar-refractivity contribution in [3.8, 4) is 11.5 Å². The number of benzene rings is 2. The normalized spacial score (nSPS) is 8.83. The average molecular weight is 448 g/mol. The van der Waals surface area contributed by atoms with E-state index in [2.05, 4.69) is 0 Å². The van der Waals surface area contributed by atoms with E-state index in [-0.39, 0.29) is 49.5 Å². The first-order chi connectivity index (χ1) is 10.5. The van der Waals surface area contributed by atoms with Crippen LogP contribution in [0.2, 0.25) is 0 Å². The summed E-state index contributed by atoms with van der Waals surface area (Å²) in [7, 11) is 3.80. The maximum Gasteiger partial charge on any atom is 0.136 e. The Kier molecular flexibility index (Phi) is 14.4. The molecule has 0 spiro atoms. The first-order valence-corrected chi connectivity index (χ1v) is 7.11. The number of aromatic hydroxyl groups is 2. The van der Waals surface area contributed by atoms with E-state index in [1.165, 1.54) is 0 Å². The summed E-state index contributed by atoms with van der Waals surface area (Å²) >= 11 is 0. The van der Waals surface area contributed by atoms with Crippen molar-refractivity contribution in [1.82, 2.24) is 0 Å². The van der Waals surface area contributed by atoms with E-state index < -0.39 is 0 Å². The SMILES string of the molecule is C[CH-]N(C)c1ccccc1O.C[CH-]N(C)c1ccccc1O.[Co].[Y]. The van der Waals surface area contributed by atoms with Crippen LogP contribution < -0.4 is 9.80 Å². The van der Waals surface area contributed by atoms with E-state index >= 15 is 0 Å². The van der Waals surface area contributed by atoms with Gasteiger partial charge in [0.1, 0.15) is 11.5 Å². The molecule has 0 aliphatic heterocycles. The van der Waals surface area contributed by atoms with Crippen LogP contribution in [-0.4, -0.2) is 24.3 Å². The van der Waals surface area contributed by atoms with Crippen molar-refractivity contribution in [2.24, 2.45) is 0 Å². The fourth-order valence-electron chi connectivity index (χ4n) is 1.80. The topological polar surface area (TPSA) is 46.9 Å². The number of anilines is 2. The van der Waals surface area contributed by atoms with Crippen LogP contribution in [0.4, 0.5) is 11.4 Å². The van der Waals surface area contributed by atoms with Gasteiger partial charge in [0.05, 0.1) is 0 Å². The molecule has 0 fully saturated rings. The Morgan fingerprint density at radius 3 is 1.25 bits per heavy atom. The number of hydrogen-bond acceptors (Lipinski definition) is 4. The summed E-state index contributed by atoms with van der Waals surface area (Å²) in [5.74, 6) is 0.626. The standard InChI is InChI=1S/2C9H12NO.Co.Y/c2*1-3-10(2)8-6-4-5-7-9(8)11;;/h2*3-7,11H,1-2H3;;/q2*-1;;. The van der Waals surface area contributed by atoms with E-state index in [0.29, 0.717) is 11.5 Å². The Morgan fingerprint density at radius 2 is 1.00 bits per heavy atom. The van der Waals surface area contributed by atoms with Gasteiger partial charge in [0.2, 0.25) is 0 Å². The van der Waals surface area contributed by atoms with Gasteiger partial charge in [-0.1, -0.05) is 24.3 Å². The minimum atomic E-state index is 0. The zero-order valence-electron chi connectivity index (χ0n) is 14.5. The van der Waals surface area contributed by atoms with Gasteiger partial charge in [-0.3, -0.25) is 0 Å². The van der Waals surface area contributed by atoms with Crippen molar-refractivity contribution in [2.75, 3.05) is 23.9 Å². The zero-order valence-corrected chi connectivity index (χ0v) is 18.4.